The third kappa shape index (κ3) is 4.17. The van der Waals surface area contributed by atoms with Crippen molar-refractivity contribution >= 4 is 22.9 Å². The van der Waals surface area contributed by atoms with E-state index in [0.717, 1.165) is 5.56 Å². The van der Waals surface area contributed by atoms with Gasteiger partial charge < -0.3 is 20.9 Å². The van der Waals surface area contributed by atoms with E-state index in [4.69, 9.17) is 26.4 Å². The number of ether oxygens (including phenoxy) is 2. The maximum absolute atomic E-state index is 7.50. The van der Waals surface area contributed by atoms with E-state index in [1.165, 1.54) is 11.8 Å². The predicted molar refractivity (Wildman–Crippen MR) is 74.4 cm³/mol. The number of nitrogens with two attached hydrogens (primary N) is 2. The van der Waals surface area contributed by atoms with Crippen LogP contribution in [0.1, 0.15) is 5.56 Å². The van der Waals surface area contributed by atoms with Crippen molar-refractivity contribution in [3.8, 4) is 11.5 Å². The van der Waals surface area contributed by atoms with Gasteiger partial charge in [-0.3, -0.25) is 5.41 Å². The number of methoxy groups -OCH3 is 2. The van der Waals surface area contributed by atoms with Gasteiger partial charge in [0.1, 0.15) is 0 Å². The first kappa shape index (κ1) is 14.2. The van der Waals surface area contributed by atoms with Gasteiger partial charge in [-0.1, -0.05) is 17.8 Å². The summed E-state index contributed by atoms with van der Waals surface area (Å²) in [4.78, 5) is 3.63. The molecule has 0 saturated carbocycles. The second-order valence-corrected chi connectivity index (χ2v) is 4.28. The Kier molecular flexibility index (Phi) is 5.31. The SMILES string of the molecule is COc1ccc(CSC(=N)N=C(N)N)cc1OC. The van der Waals surface area contributed by atoms with Crippen molar-refractivity contribution in [2.24, 2.45) is 16.5 Å². The lowest BCUT2D eigenvalue weighted by atomic mass is 10.2. The molecule has 0 aliphatic carbocycles. The lowest BCUT2D eigenvalue weighted by Gasteiger charge is -2.09. The Balaban J connectivity index is 2.69. The van der Waals surface area contributed by atoms with Crippen LogP contribution in [0.25, 0.3) is 0 Å². The Labute approximate surface area is 110 Å². The smallest absolute Gasteiger partial charge is 0.193 e. The Morgan fingerprint density at radius 2 is 1.94 bits per heavy atom. The molecule has 0 aliphatic heterocycles. The summed E-state index contributed by atoms with van der Waals surface area (Å²) in [6, 6.07) is 5.57. The fourth-order valence-electron chi connectivity index (χ4n) is 1.27. The Morgan fingerprint density at radius 3 is 2.50 bits per heavy atom. The second kappa shape index (κ2) is 6.75. The largest absolute Gasteiger partial charge is 0.493 e. The Hall–Kier alpha value is -1.89. The summed E-state index contributed by atoms with van der Waals surface area (Å²) in [5, 5.41) is 7.58. The van der Waals surface area contributed by atoms with Crippen LogP contribution in [0.15, 0.2) is 23.2 Å². The number of hydrogen-bond acceptors (Lipinski definition) is 4. The minimum absolute atomic E-state index is 0.0739. The summed E-state index contributed by atoms with van der Waals surface area (Å²) in [6.45, 7) is 0. The molecule has 0 saturated heterocycles. The molecule has 1 aromatic rings. The van der Waals surface area contributed by atoms with E-state index < -0.39 is 0 Å². The first-order valence-corrected chi connectivity index (χ1v) is 6.07. The maximum atomic E-state index is 7.50. The molecule has 5 N–H and O–H groups in total. The number of hydrogen-bond donors (Lipinski definition) is 3. The van der Waals surface area contributed by atoms with Crippen LogP contribution in [-0.2, 0) is 5.75 Å². The third-order valence-corrected chi connectivity index (χ3v) is 2.90. The van der Waals surface area contributed by atoms with E-state index in [1.54, 1.807) is 14.2 Å². The normalized spacial score (nSPS) is 9.67. The van der Waals surface area contributed by atoms with Crippen LogP contribution < -0.4 is 20.9 Å². The number of rotatable bonds is 4. The van der Waals surface area contributed by atoms with Gasteiger partial charge in [0, 0.05) is 5.75 Å². The highest BCUT2D eigenvalue weighted by Crippen LogP contribution is 2.29. The first-order chi connectivity index (χ1) is 8.56. The van der Waals surface area contributed by atoms with E-state index >= 15 is 0 Å². The highest BCUT2D eigenvalue weighted by Gasteiger charge is 2.05. The van der Waals surface area contributed by atoms with E-state index in [-0.39, 0.29) is 11.1 Å². The van der Waals surface area contributed by atoms with Crippen molar-refractivity contribution in [2.75, 3.05) is 14.2 Å². The molecule has 7 heteroatoms. The maximum Gasteiger partial charge on any atom is 0.193 e. The highest BCUT2D eigenvalue weighted by molar-refractivity contribution is 8.13. The lowest BCUT2D eigenvalue weighted by Crippen LogP contribution is -2.23. The molecule has 0 heterocycles. The average molecular weight is 268 g/mol. The van der Waals surface area contributed by atoms with Gasteiger partial charge in [0.2, 0.25) is 0 Å². The molecule has 0 aliphatic rings. The number of guanidine groups is 1. The minimum atomic E-state index is -0.111. The quantitative estimate of drug-likeness (QED) is 0.561. The van der Waals surface area contributed by atoms with Crippen LogP contribution in [0.4, 0.5) is 0 Å². The van der Waals surface area contributed by atoms with Crippen LogP contribution in [0.2, 0.25) is 0 Å². The monoisotopic (exact) mass is 268 g/mol. The molecule has 1 aromatic carbocycles. The molecule has 0 fully saturated rings. The summed E-state index contributed by atoms with van der Waals surface area (Å²) < 4.78 is 10.3. The molecule has 1 rings (SSSR count). The third-order valence-electron chi connectivity index (χ3n) is 2.05. The standard InChI is InChI=1S/C11H16N4O2S/c1-16-8-4-3-7(5-9(8)17-2)6-18-11(14)15-10(12)13/h3-5H,6H2,1-2H3,(H5,12,13,14,15). The summed E-state index contributed by atoms with van der Waals surface area (Å²) in [5.74, 6) is 1.80. The first-order valence-electron chi connectivity index (χ1n) is 5.08. The van der Waals surface area contributed by atoms with Crippen LogP contribution in [0, 0.1) is 5.41 Å². The molecule has 0 spiro atoms. The van der Waals surface area contributed by atoms with Crippen LogP contribution in [0.5, 0.6) is 11.5 Å². The van der Waals surface area contributed by atoms with Gasteiger partial charge in [-0.25, -0.2) is 0 Å². The van der Waals surface area contributed by atoms with E-state index in [0.29, 0.717) is 17.3 Å². The molecule has 0 unspecified atom stereocenters. The molecule has 98 valence electrons. The average Bonchev–Trinajstić information content (AvgIpc) is 2.35. The molecular formula is C11H16N4O2S. The molecule has 18 heavy (non-hydrogen) atoms. The molecule has 0 radical (unpaired) electrons. The van der Waals surface area contributed by atoms with Gasteiger partial charge in [-0.15, -0.1) is 0 Å². The van der Waals surface area contributed by atoms with Crippen molar-refractivity contribution < 1.29 is 9.47 Å². The van der Waals surface area contributed by atoms with Crippen molar-refractivity contribution in [1.82, 2.24) is 0 Å². The fourth-order valence-corrected chi connectivity index (χ4v) is 1.92. The number of benzene rings is 1. The van der Waals surface area contributed by atoms with Gasteiger partial charge >= 0.3 is 0 Å². The molecular weight excluding hydrogens is 252 g/mol. The van der Waals surface area contributed by atoms with Crippen LogP contribution >= 0.6 is 11.8 Å². The zero-order valence-corrected chi connectivity index (χ0v) is 11.1. The summed E-state index contributed by atoms with van der Waals surface area (Å²) >= 11 is 1.23. The Morgan fingerprint density at radius 1 is 1.28 bits per heavy atom. The number of aliphatic imine (C=N–C) groups is 1. The summed E-state index contributed by atoms with van der Waals surface area (Å²) in [6.07, 6.45) is 0. The van der Waals surface area contributed by atoms with Crippen molar-refractivity contribution in [3.05, 3.63) is 23.8 Å². The molecule has 6 nitrogen and oxygen atoms in total. The van der Waals surface area contributed by atoms with Gasteiger partial charge in [0.05, 0.1) is 14.2 Å². The molecule has 0 aromatic heterocycles. The van der Waals surface area contributed by atoms with Crippen molar-refractivity contribution in [3.63, 3.8) is 0 Å². The predicted octanol–water partition coefficient (Wildman–Crippen LogP) is 1.15. The minimum Gasteiger partial charge on any atom is -0.493 e. The van der Waals surface area contributed by atoms with Gasteiger partial charge in [-0.05, 0) is 17.7 Å². The molecule has 0 atom stereocenters. The van der Waals surface area contributed by atoms with Crippen LogP contribution in [-0.4, -0.2) is 25.3 Å². The number of thioether (sulfide) groups is 1. The Bertz CT molecular complexity index is 458. The van der Waals surface area contributed by atoms with Gasteiger partial charge in [0.25, 0.3) is 0 Å². The van der Waals surface area contributed by atoms with Crippen molar-refractivity contribution in [1.29, 1.82) is 5.41 Å². The number of amidine groups is 1. The zero-order chi connectivity index (χ0) is 13.5. The van der Waals surface area contributed by atoms with Crippen molar-refractivity contribution in [2.45, 2.75) is 5.75 Å². The number of nitrogens with one attached hydrogen (secondary N) is 1. The van der Waals surface area contributed by atoms with E-state index in [1.807, 2.05) is 18.2 Å². The molecule has 0 amide bonds. The second-order valence-electron chi connectivity index (χ2n) is 3.32. The van der Waals surface area contributed by atoms with Gasteiger partial charge in [0.15, 0.2) is 22.6 Å². The summed E-state index contributed by atoms with van der Waals surface area (Å²) in [5.41, 5.74) is 11.4. The van der Waals surface area contributed by atoms with E-state index in [2.05, 4.69) is 4.99 Å². The van der Waals surface area contributed by atoms with Gasteiger partial charge in [-0.2, -0.15) is 4.99 Å². The number of nitrogens with zero attached hydrogens (tertiary/aromatic N) is 1. The lowest BCUT2D eigenvalue weighted by molar-refractivity contribution is 0.354. The molecule has 0 bridgehead atoms. The zero-order valence-electron chi connectivity index (χ0n) is 10.3. The topological polar surface area (TPSA) is 107 Å². The highest BCUT2D eigenvalue weighted by atomic mass is 32.2. The van der Waals surface area contributed by atoms with E-state index in [9.17, 15) is 0 Å². The van der Waals surface area contributed by atoms with Crippen LogP contribution in [0.3, 0.4) is 0 Å². The fraction of sp³-hybridized carbons (Fsp3) is 0.273. The summed E-state index contributed by atoms with van der Waals surface area (Å²) in [7, 11) is 3.16.